The second kappa shape index (κ2) is 7.16. The molecule has 2 N–H and O–H groups in total. The number of benzene rings is 2. The smallest absolute Gasteiger partial charge is 0.122 e. The summed E-state index contributed by atoms with van der Waals surface area (Å²) in [5, 5.41) is 21.9. The predicted octanol–water partition coefficient (Wildman–Crippen LogP) is 6.77. The van der Waals surface area contributed by atoms with Gasteiger partial charge in [0.1, 0.15) is 11.5 Å². The summed E-state index contributed by atoms with van der Waals surface area (Å²) < 4.78 is 0. The van der Waals surface area contributed by atoms with Gasteiger partial charge in [0.25, 0.3) is 0 Å². The number of phenolic OH excluding ortho intramolecular Hbond substituents is 2. The normalized spacial score (nSPS) is 16.1. The summed E-state index contributed by atoms with van der Waals surface area (Å²) in [4.78, 5) is 0. The first kappa shape index (κ1) is 20.3. The fourth-order valence-electron chi connectivity index (χ4n) is 4.57. The molecule has 0 heterocycles. The Hall–Kier alpha value is -2.48. The first-order valence-corrected chi connectivity index (χ1v) is 9.99. The van der Waals surface area contributed by atoms with Crippen LogP contribution in [0.3, 0.4) is 0 Å². The van der Waals surface area contributed by atoms with Crippen LogP contribution in [0.2, 0.25) is 0 Å². The molecule has 0 unspecified atom stereocenters. The third-order valence-corrected chi connectivity index (χ3v) is 5.81. The van der Waals surface area contributed by atoms with Crippen molar-refractivity contribution in [3.8, 4) is 11.5 Å². The number of hydrogen-bond donors (Lipinski definition) is 2. The van der Waals surface area contributed by atoms with Gasteiger partial charge in [-0.2, -0.15) is 0 Å². The highest BCUT2D eigenvalue weighted by atomic mass is 16.3. The van der Waals surface area contributed by atoms with Gasteiger partial charge < -0.3 is 10.2 Å². The van der Waals surface area contributed by atoms with Crippen LogP contribution in [-0.4, -0.2) is 10.2 Å². The number of aromatic hydroxyl groups is 2. The number of rotatable bonds is 3. The molecule has 0 fully saturated rings. The molecule has 0 saturated carbocycles. The van der Waals surface area contributed by atoms with Gasteiger partial charge in [0.15, 0.2) is 0 Å². The van der Waals surface area contributed by atoms with Gasteiger partial charge in [-0.05, 0) is 63.2 Å². The van der Waals surface area contributed by atoms with Crippen molar-refractivity contribution in [2.45, 2.75) is 60.8 Å². The van der Waals surface area contributed by atoms with Crippen LogP contribution in [0, 0.1) is 33.1 Å². The van der Waals surface area contributed by atoms with Gasteiger partial charge >= 0.3 is 0 Å². The molecule has 2 aromatic carbocycles. The molecule has 28 heavy (non-hydrogen) atoms. The minimum atomic E-state index is -0.204. The van der Waals surface area contributed by atoms with E-state index in [1.165, 1.54) is 11.1 Å². The van der Waals surface area contributed by atoms with Crippen molar-refractivity contribution in [1.82, 2.24) is 0 Å². The molecule has 2 heteroatoms. The minimum absolute atomic E-state index is 0.118. The molecule has 1 aliphatic rings. The van der Waals surface area contributed by atoms with Gasteiger partial charge in [0, 0.05) is 17.0 Å². The molecular weight excluding hydrogens is 344 g/mol. The van der Waals surface area contributed by atoms with Crippen molar-refractivity contribution in [3.05, 3.63) is 80.9 Å². The van der Waals surface area contributed by atoms with Crippen LogP contribution in [-0.2, 0) is 0 Å². The quantitative estimate of drug-likeness (QED) is 0.621. The van der Waals surface area contributed by atoms with Crippen LogP contribution in [0.25, 0.3) is 0 Å². The van der Waals surface area contributed by atoms with Crippen molar-refractivity contribution < 1.29 is 10.2 Å². The van der Waals surface area contributed by atoms with Crippen molar-refractivity contribution in [2.24, 2.45) is 5.41 Å². The molecule has 0 aliphatic heterocycles. The number of aryl methyl sites for hydroxylation is 4. The van der Waals surface area contributed by atoms with Crippen LogP contribution in [0.15, 0.2) is 47.6 Å². The summed E-state index contributed by atoms with van der Waals surface area (Å²) in [5.74, 6) is 0.421. The first-order chi connectivity index (χ1) is 13.0. The lowest BCUT2D eigenvalue weighted by Crippen LogP contribution is -2.16. The monoisotopic (exact) mass is 376 g/mol. The van der Waals surface area contributed by atoms with E-state index >= 15 is 0 Å². The van der Waals surface area contributed by atoms with Gasteiger partial charge in [-0.25, -0.2) is 0 Å². The Bertz CT molecular complexity index is 932. The van der Waals surface area contributed by atoms with Crippen LogP contribution in [0.5, 0.6) is 11.5 Å². The molecule has 3 rings (SSSR count). The second-order valence-corrected chi connectivity index (χ2v) is 9.21. The van der Waals surface area contributed by atoms with Crippen LogP contribution >= 0.6 is 0 Å². The summed E-state index contributed by atoms with van der Waals surface area (Å²) in [5.41, 5.74) is 8.25. The Kier molecular flexibility index (Phi) is 5.18. The maximum atomic E-state index is 11.0. The maximum Gasteiger partial charge on any atom is 0.122 e. The Morgan fingerprint density at radius 1 is 0.786 bits per heavy atom. The molecule has 0 atom stereocenters. The third-order valence-electron chi connectivity index (χ3n) is 5.81. The lowest BCUT2D eigenvalue weighted by molar-refractivity contribution is 0.449. The Labute approximate surface area is 169 Å². The highest BCUT2D eigenvalue weighted by Gasteiger charge is 2.30. The standard InChI is InChI=1S/C26H32O2/c1-15-10-17(3)24(27)21(12-15)23(20-8-9-26(6,7)14-19(20)5)22-13-16(2)11-18(4)25(22)28/h8-13,23,27-28H,14H2,1-7H3. The highest BCUT2D eigenvalue weighted by Crippen LogP contribution is 2.47. The number of allylic oxidation sites excluding steroid dienone is 4. The Morgan fingerprint density at radius 3 is 1.68 bits per heavy atom. The SMILES string of the molecule is CC1=C(C(c2cc(C)cc(C)c2O)c2cc(C)cc(C)c2O)C=CC(C)(C)C1. The van der Waals surface area contributed by atoms with E-state index in [2.05, 4.69) is 58.9 Å². The van der Waals surface area contributed by atoms with Gasteiger partial charge in [-0.1, -0.05) is 67.0 Å². The van der Waals surface area contributed by atoms with Crippen molar-refractivity contribution in [3.63, 3.8) is 0 Å². The molecule has 0 amide bonds. The fourth-order valence-corrected chi connectivity index (χ4v) is 4.57. The first-order valence-electron chi connectivity index (χ1n) is 9.99. The molecule has 1 aliphatic carbocycles. The zero-order chi connectivity index (χ0) is 20.8. The van der Waals surface area contributed by atoms with Gasteiger partial charge in [0.2, 0.25) is 0 Å². The third kappa shape index (κ3) is 3.73. The molecule has 0 saturated heterocycles. The Balaban J connectivity index is 2.33. The van der Waals surface area contributed by atoms with E-state index < -0.39 is 0 Å². The summed E-state index contributed by atoms with van der Waals surface area (Å²) in [6.07, 6.45) is 5.41. The number of hydrogen-bond acceptors (Lipinski definition) is 2. The van der Waals surface area contributed by atoms with E-state index in [1.54, 1.807) is 0 Å². The summed E-state index contributed by atoms with van der Waals surface area (Å²) in [6.45, 7) is 14.6. The van der Waals surface area contributed by atoms with Gasteiger partial charge in [0.05, 0.1) is 0 Å². The average Bonchev–Trinajstić information content (AvgIpc) is 2.57. The summed E-state index contributed by atoms with van der Waals surface area (Å²) >= 11 is 0. The van der Waals surface area contributed by atoms with Crippen molar-refractivity contribution in [2.75, 3.05) is 0 Å². The van der Waals surface area contributed by atoms with E-state index in [4.69, 9.17) is 0 Å². The largest absolute Gasteiger partial charge is 0.507 e. The lowest BCUT2D eigenvalue weighted by Gasteiger charge is -2.32. The van der Waals surface area contributed by atoms with Crippen molar-refractivity contribution >= 4 is 0 Å². The molecule has 148 valence electrons. The van der Waals surface area contributed by atoms with E-state index in [9.17, 15) is 10.2 Å². The number of phenols is 2. The van der Waals surface area contributed by atoms with Crippen LogP contribution in [0.4, 0.5) is 0 Å². The molecule has 2 nitrogen and oxygen atoms in total. The molecule has 0 radical (unpaired) electrons. The molecule has 0 bridgehead atoms. The molecule has 0 aromatic heterocycles. The molecule has 2 aromatic rings. The topological polar surface area (TPSA) is 40.5 Å². The predicted molar refractivity (Wildman–Crippen MR) is 117 cm³/mol. The van der Waals surface area contributed by atoms with Crippen LogP contribution < -0.4 is 0 Å². The summed E-state index contributed by atoms with van der Waals surface area (Å²) in [7, 11) is 0. The highest BCUT2D eigenvalue weighted by molar-refractivity contribution is 5.59. The minimum Gasteiger partial charge on any atom is -0.507 e. The van der Waals surface area contributed by atoms with Crippen molar-refractivity contribution in [1.29, 1.82) is 0 Å². The van der Waals surface area contributed by atoms with E-state index in [0.717, 1.165) is 39.8 Å². The summed E-state index contributed by atoms with van der Waals surface area (Å²) in [6, 6.07) is 8.10. The average molecular weight is 377 g/mol. The molecule has 0 spiro atoms. The van der Waals surface area contributed by atoms with Gasteiger partial charge in [-0.15, -0.1) is 0 Å². The van der Waals surface area contributed by atoms with E-state index in [0.29, 0.717) is 11.5 Å². The fraction of sp³-hybridized carbons (Fsp3) is 0.385. The zero-order valence-electron chi connectivity index (χ0n) is 18.1. The zero-order valence-corrected chi connectivity index (χ0v) is 18.1. The van der Waals surface area contributed by atoms with Crippen LogP contribution in [0.1, 0.15) is 66.5 Å². The Morgan fingerprint density at radius 2 is 1.25 bits per heavy atom. The molecular formula is C26H32O2. The van der Waals surface area contributed by atoms with Gasteiger partial charge in [-0.3, -0.25) is 0 Å². The van der Waals surface area contributed by atoms with E-state index in [1.807, 2.05) is 26.0 Å². The lowest BCUT2D eigenvalue weighted by atomic mass is 9.73. The second-order valence-electron chi connectivity index (χ2n) is 9.21. The van der Waals surface area contributed by atoms with E-state index in [-0.39, 0.29) is 11.3 Å². The maximum absolute atomic E-state index is 11.0.